The molecule has 10 heteroatoms. The van der Waals surface area contributed by atoms with Gasteiger partial charge in [0.15, 0.2) is 6.04 Å². The van der Waals surface area contributed by atoms with Crippen LogP contribution in [0.2, 0.25) is 0 Å². The van der Waals surface area contributed by atoms with Crippen LogP contribution >= 0.6 is 0 Å². The number of carbonyl (C=O) groups excluding carboxylic acids is 4. The van der Waals surface area contributed by atoms with Crippen molar-refractivity contribution in [2.45, 2.75) is 64.0 Å². The van der Waals surface area contributed by atoms with Gasteiger partial charge in [-0.25, -0.2) is 9.86 Å². The molecule has 2 rings (SSSR count). The van der Waals surface area contributed by atoms with Gasteiger partial charge in [0.25, 0.3) is 5.91 Å². The highest BCUT2D eigenvalue weighted by molar-refractivity contribution is 5.89. The molecule has 4 atom stereocenters. The average Bonchev–Trinajstić information content (AvgIpc) is 3.37. The molecule has 1 heterocycles. The van der Waals surface area contributed by atoms with Crippen molar-refractivity contribution in [1.82, 2.24) is 5.06 Å². The number of amides is 4. The van der Waals surface area contributed by atoms with Crippen LogP contribution in [0.5, 0.6) is 0 Å². The Morgan fingerprint density at radius 1 is 1.23 bits per heavy atom. The summed E-state index contributed by atoms with van der Waals surface area (Å²) in [6, 6.07) is -1.03. The number of primary amides is 1. The summed E-state index contributed by atoms with van der Waals surface area (Å²) in [7, 11) is 1.47. The quantitative estimate of drug-likeness (QED) is 0.231. The summed E-state index contributed by atoms with van der Waals surface area (Å²) in [6.07, 6.45) is 3.97. The third-order valence-electron chi connectivity index (χ3n) is 6.24. The van der Waals surface area contributed by atoms with Crippen molar-refractivity contribution in [2.24, 2.45) is 17.6 Å². The third kappa shape index (κ3) is 5.35. The normalized spacial score (nSPS) is 26.2. The van der Waals surface area contributed by atoms with Crippen LogP contribution in [-0.4, -0.2) is 78.0 Å². The standard InChI is InChI=1S/C20H33N3O7/c1-14(12-29-2)30-20(27)23(9-5-8-17(23)18(21)25)19(26)16(11-22(28)13-24)10-15-6-3-4-7-15/h13-17,28H,3-12H2,1-2H3,(H-,21,25)/p+1/t14-,16+,17-,23?/m0/s1. The Hall–Kier alpha value is -2.04. The highest BCUT2D eigenvalue weighted by Crippen LogP contribution is 2.36. The number of likely N-dealkylation sites (tertiary alicyclic amines) is 1. The summed E-state index contributed by atoms with van der Waals surface area (Å²) in [5.41, 5.74) is 5.57. The Balaban J connectivity index is 2.37. The molecule has 30 heavy (non-hydrogen) atoms. The molecule has 0 radical (unpaired) electrons. The number of rotatable bonds is 10. The van der Waals surface area contributed by atoms with Gasteiger partial charge in [-0.1, -0.05) is 25.7 Å². The Bertz CT molecular complexity index is 638. The molecular weight excluding hydrogens is 394 g/mol. The lowest BCUT2D eigenvalue weighted by molar-refractivity contribution is -0.787. The van der Waals surface area contributed by atoms with Crippen LogP contribution in [0, 0.1) is 11.8 Å². The van der Waals surface area contributed by atoms with E-state index in [0.717, 1.165) is 25.7 Å². The van der Waals surface area contributed by atoms with Gasteiger partial charge in [-0.15, -0.1) is 4.48 Å². The number of ether oxygens (including phenoxy) is 2. The van der Waals surface area contributed by atoms with Gasteiger partial charge in [0.1, 0.15) is 6.10 Å². The molecule has 1 saturated carbocycles. The van der Waals surface area contributed by atoms with Crippen LogP contribution in [0.25, 0.3) is 0 Å². The van der Waals surface area contributed by atoms with Gasteiger partial charge in [-0.2, -0.15) is 4.79 Å². The number of carbonyl (C=O) groups is 4. The topological polar surface area (TPSA) is 136 Å². The van der Waals surface area contributed by atoms with E-state index < -0.39 is 40.5 Å². The lowest BCUT2D eigenvalue weighted by Crippen LogP contribution is -2.66. The first-order valence-electron chi connectivity index (χ1n) is 10.6. The molecule has 2 aliphatic rings. The number of nitrogens with zero attached hydrogens (tertiary/aromatic N) is 2. The minimum Gasteiger partial charge on any atom is -0.414 e. The minimum absolute atomic E-state index is 0.0959. The zero-order chi connectivity index (χ0) is 22.3. The van der Waals surface area contributed by atoms with E-state index in [1.165, 1.54) is 7.11 Å². The van der Waals surface area contributed by atoms with Crippen molar-refractivity contribution < 1.29 is 38.3 Å². The maximum Gasteiger partial charge on any atom is 0.524 e. The fourth-order valence-corrected chi connectivity index (χ4v) is 4.87. The van der Waals surface area contributed by atoms with Gasteiger partial charge in [0.05, 0.1) is 25.6 Å². The van der Waals surface area contributed by atoms with Gasteiger partial charge < -0.3 is 15.2 Å². The molecule has 0 bridgehead atoms. The second-order valence-corrected chi connectivity index (χ2v) is 8.45. The molecule has 0 spiro atoms. The van der Waals surface area contributed by atoms with Crippen molar-refractivity contribution in [1.29, 1.82) is 0 Å². The average molecular weight is 429 g/mol. The molecule has 1 aliphatic heterocycles. The highest BCUT2D eigenvalue weighted by Gasteiger charge is 2.60. The summed E-state index contributed by atoms with van der Waals surface area (Å²) in [5.74, 6) is -1.82. The summed E-state index contributed by atoms with van der Waals surface area (Å²) in [5, 5.41) is 10.2. The molecule has 170 valence electrons. The molecule has 1 saturated heterocycles. The van der Waals surface area contributed by atoms with Gasteiger partial charge in [-0.05, 0) is 19.3 Å². The molecule has 0 aromatic carbocycles. The van der Waals surface area contributed by atoms with Crippen LogP contribution < -0.4 is 5.73 Å². The van der Waals surface area contributed by atoms with Gasteiger partial charge in [0.2, 0.25) is 6.41 Å². The third-order valence-corrected chi connectivity index (χ3v) is 6.24. The van der Waals surface area contributed by atoms with Crippen molar-refractivity contribution in [3.05, 3.63) is 0 Å². The van der Waals surface area contributed by atoms with Crippen LogP contribution in [0.1, 0.15) is 51.9 Å². The van der Waals surface area contributed by atoms with E-state index in [-0.39, 0.29) is 32.0 Å². The molecule has 2 fully saturated rings. The van der Waals surface area contributed by atoms with Gasteiger partial charge >= 0.3 is 12.0 Å². The van der Waals surface area contributed by atoms with Crippen molar-refractivity contribution in [3.8, 4) is 0 Å². The molecule has 1 aliphatic carbocycles. The maximum absolute atomic E-state index is 13.8. The number of methoxy groups -OCH3 is 1. The summed E-state index contributed by atoms with van der Waals surface area (Å²) in [6.45, 7) is 1.63. The largest absolute Gasteiger partial charge is 0.524 e. The van der Waals surface area contributed by atoms with E-state index >= 15 is 0 Å². The Kier molecular flexibility index (Phi) is 8.75. The zero-order valence-electron chi connectivity index (χ0n) is 17.8. The Labute approximate surface area is 176 Å². The van der Waals surface area contributed by atoms with E-state index in [1.54, 1.807) is 6.92 Å². The second kappa shape index (κ2) is 10.8. The van der Waals surface area contributed by atoms with Crippen LogP contribution in [0.3, 0.4) is 0 Å². The van der Waals surface area contributed by atoms with Crippen molar-refractivity contribution >= 4 is 24.3 Å². The number of hydrogen-bond donors (Lipinski definition) is 2. The maximum atomic E-state index is 13.8. The summed E-state index contributed by atoms with van der Waals surface area (Å²) in [4.78, 5) is 50.2. The summed E-state index contributed by atoms with van der Waals surface area (Å²) >= 11 is 0. The predicted molar refractivity (Wildman–Crippen MR) is 105 cm³/mol. The van der Waals surface area contributed by atoms with E-state index in [9.17, 15) is 24.4 Å². The molecule has 1 unspecified atom stereocenters. The van der Waals surface area contributed by atoms with Crippen molar-refractivity contribution in [2.75, 3.05) is 26.8 Å². The van der Waals surface area contributed by atoms with Crippen LogP contribution in [0.15, 0.2) is 0 Å². The highest BCUT2D eigenvalue weighted by atomic mass is 16.6. The molecule has 0 aromatic heterocycles. The van der Waals surface area contributed by atoms with E-state index in [4.69, 9.17) is 15.2 Å². The molecule has 0 aromatic rings. The lowest BCUT2D eigenvalue weighted by atomic mass is 9.91. The first-order chi connectivity index (χ1) is 14.3. The summed E-state index contributed by atoms with van der Waals surface area (Å²) < 4.78 is 9.64. The first kappa shape index (κ1) is 24.2. The Morgan fingerprint density at radius 2 is 1.90 bits per heavy atom. The zero-order valence-corrected chi connectivity index (χ0v) is 17.8. The fraction of sp³-hybridized carbons (Fsp3) is 0.800. The van der Waals surface area contributed by atoms with Gasteiger partial charge in [-0.3, -0.25) is 14.8 Å². The molecule has 10 nitrogen and oxygen atoms in total. The Morgan fingerprint density at radius 3 is 2.47 bits per heavy atom. The number of hydrogen-bond acceptors (Lipinski definition) is 7. The van der Waals surface area contributed by atoms with E-state index in [2.05, 4.69) is 0 Å². The van der Waals surface area contributed by atoms with E-state index in [0.29, 0.717) is 24.3 Å². The number of quaternary nitrogens is 1. The molecule has 3 N–H and O–H groups in total. The van der Waals surface area contributed by atoms with Crippen LogP contribution in [-0.2, 0) is 23.9 Å². The fourth-order valence-electron chi connectivity index (χ4n) is 4.87. The van der Waals surface area contributed by atoms with Crippen LogP contribution in [0.4, 0.5) is 4.79 Å². The smallest absolute Gasteiger partial charge is 0.414 e. The number of imide groups is 1. The van der Waals surface area contributed by atoms with E-state index in [1.807, 2.05) is 0 Å². The molecule has 4 amide bonds. The SMILES string of the molecule is COC[C@H](C)OC(=O)[N+]1(C(=O)[C@H](CC2CCCC2)CN(O)C=O)CCC[C@H]1C(N)=O. The van der Waals surface area contributed by atoms with Gasteiger partial charge in [0, 0.05) is 20.0 Å². The monoisotopic (exact) mass is 428 g/mol. The predicted octanol–water partition coefficient (Wildman–Crippen LogP) is 1.19. The number of hydroxylamine groups is 2. The lowest BCUT2D eigenvalue weighted by Gasteiger charge is -2.36. The number of nitrogens with two attached hydrogens (primary N) is 1. The minimum atomic E-state index is -1.03. The molecular formula is C20H34N3O7+. The van der Waals surface area contributed by atoms with Crippen molar-refractivity contribution in [3.63, 3.8) is 0 Å². The second-order valence-electron chi connectivity index (χ2n) is 8.45. The first-order valence-corrected chi connectivity index (χ1v) is 10.6.